The maximum absolute atomic E-state index is 11.6. The summed E-state index contributed by atoms with van der Waals surface area (Å²) in [5.41, 5.74) is 0.921. The molecule has 0 aliphatic heterocycles. The first kappa shape index (κ1) is 13.2. The van der Waals surface area contributed by atoms with Gasteiger partial charge in [0.25, 0.3) is 0 Å². The first-order chi connectivity index (χ1) is 7.45. The maximum Gasteiger partial charge on any atom is 0.154 e. The van der Waals surface area contributed by atoms with Crippen molar-refractivity contribution < 1.29 is 8.42 Å². The van der Waals surface area contributed by atoms with Crippen molar-refractivity contribution in [2.45, 2.75) is 32.2 Å². The molecule has 16 heavy (non-hydrogen) atoms. The molecule has 1 rings (SSSR count). The van der Waals surface area contributed by atoms with Gasteiger partial charge in [-0.25, -0.2) is 13.4 Å². The third kappa shape index (κ3) is 3.61. The molecule has 1 N–H and O–H groups in total. The average Bonchev–Trinajstić information content (AvgIpc) is 2.63. The third-order valence-corrected chi connectivity index (χ3v) is 4.58. The van der Waals surface area contributed by atoms with Crippen molar-refractivity contribution in [3.63, 3.8) is 0 Å². The van der Waals surface area contributed by atoms with Crippen LogP contribution in [0, 0.1) is 0 Å². The van der Waals surface area contributed by atoms with Crippen LogP contribution in [0.2, 0.25) is 0 Å². The molecule has 0 radical (unpaired) electrons. The Morgan fingerprint density at radius 2 is 2.19 bits per heavy atom. The van der Waals surface area contributed by atoms with Gasteiger partial charge in [-0.15, -0.1) is 0 Å². The molecule has 0 atom stereocenters. The van der Waals surface area contributed by atoms with Gasteiger partial charge < -0.3 is 9.88 Å². The standard InChI is InChI=1S/C10H19N3O2S/c1-9(2)16(14,15)5-4-13-7-10(6-11-3)12-8-13/h7-9,11H,4-6H2,1-3H3. The van der Waals surface area contributed by atoms with Crippen molar-refractivity contribution in [3.05, 3.63) is 18.2 Å². The van der Waals surface area contributed by atoms with E-state index >= 15 is 0 Å². The van der Waals surface area contributed by atoms with Gasteiger partial charge in [0.15, 0.2) is 9.84 Å². The van der Waals surface area contributed by atoms with Crippen LogP contribution < -0.4 is 5.32 Å². The number of sulfone groups is 1. The fraction of sp³-hybridized carbons (Fsp3) is 0.700. The third-order valence-electron chi connectivity index (χ3n) is 2.40. The minimum atomic E-state index is -2.96. The minimum Gasteiger partial charge on any atom is -0.336 e. The van der Waals surface area contributed by atoms with Gasteiger partial charge in [0.2, 0.25) is 0 Å². The lowest BCUT2D eigenvalue weighted by Crippen LogP contribution is -2.20. The molecule has 0 aliphatic carbocycles. The van der Waals surface area contributed by atoms with E-state index in [1.807, 2.05) is 17.8 Å². The zero-order valence-electron chi connectivity index (χ0n) is 9.97. The summed E-state index contributed by atoms with van der Waals surface area (Å²) in [5.74, 6) is 0.167. The predicted octanol–water partition coefficient (Wildman–Crippen LogP) is 0.426. The number of imidazole rings is 1. The van der Waals surface area contributed by atoms with E-state index in [9.17, 15) is 8.42 Å². The van der Waals surface area contributed by atoms with Crippen LogP contribution in [0.5, 0.6) is 0 Å². The van der Waals surface area contributed by atoms with Gasteiger partial charge in [0, 0.05) is 19.3 Å². The second-order valence-corrected chi connectivity index (χ2v) is 6.73. The van der Waals surface area contributed by atoms with E-state index < -0.39 is 9.84 Å². The SMILES string of the molecule is CNCc1cn(CCS(=O)(=O)C(C)C)cn1. The number of aryl methyl sites for hydroxylation is 1. The molecule has 0 saturated heterocycles. The van der Waals surface area contributed by atoms with Crippen molar-refractivity contribution >= 4 is 9.84 Å². The zero-order chi connectivity index (χ0) is 12.2. The van der Waals surface area contributed by atoms with Crippen molar-refractivity contribution in [1.29, 1.82) is 0 Å². The smallest absolute Gasteiger partial charge is 0.154 e. The summed E-state index contributed by atoms with van der Waals surface area (Å²) in [6, 6.07) is 0. The fourth-order valence-electron chi connectivity index (χ4n) is 1.27. The Bertz CT molecular complexity index is 423. The van der Waals surface area contributed by atoms with Crippen LogP contribution in [0.4, 0.5) is 0 Å². The van der Waals surface area contributed by atoms with E-state index in [0.29, 0.717) is 13.1 Å². The molecule has 1 aromatic heterocycles. The van der Waals surface area contributed by atoms with Gasteiger partial charge in [-0.05, 0) is 20.9 Å². The first-order valence-corrected chi connectivity index (χ1v) is 7.04. The van der Waals surface area contributed by atoms with E-state index in [0.717, 1.165) is 5.69 Å². The Morgan fingerprint density at radius 1 is 1.50 bits per heavy atom. The highest BCUT2D eigenvalue weighted by Crippen LogP contribution is 2.03. The summed E-state index contributed by atoms with van der Waals surface area (Å²) in [6.07, 6.45) is 3.54. The molecule has 1 aromatic rings. The summed E-state index contributed by atoms with van der Waals surface area (Å²) in [4.78, 5) is 4.16. The Morgan fingerprint density at radius 3 is 2.75 bits per heavy atom. The van der Waals surface area contributed by atoms with Crippen LogP contribution in [-0.4, -0.2) is 36.0 Å². The second kappa shape index (κ2) is 5.45. The van der Waals surface area contributed by atoms with Crippen molar-refractivity contribution in [2.75, 3.05) is 12.8 Å². The lowest BCUT2D eigenvalue weighted by molar-refractivity contribution is 0.580. The minimum absolute atomic E-state index is 0.167. The normalized spacial score (nSPS) is 12.2. The van der Waals surface area contributed by atoms with Crippen molar-refractivity contribution in [3.8, 4) is 0 Å². The number of nitrogens with one attached hydrogen (secondary N) is 1. The van der Waals surface area contributed by atoms with Crippen LogP contribution in [0.15, 0.2) is 12.5 Å². The Balaban J connectivity index is 2.55. The van der Waals surface area contributed by atoms with E-state index in [2.05, 4.69) is 10.3 Å². The van der Waals surface area contributed by atoms with Crippen LogP contribution in [-0.2, 0) is 22.9 Å². The molecule has 92 valence electrons. The number of rotatable bonds is 6. The van der Waals surface area contributed by atoms with Crippen molar-refractivity contribution in [1.82, 2.24) is 14.9 Å². The summed E-state index contributed by atoms with van der Waals surface area (Å²) in [6.45, 7) is 4.58. The van der Waals surface area contributed by atoms with Crippen LogP contribution in [0.25, 0.3) is 0 Å². The maximum atomic E-state index is 11.6. The molecule has 0 aliphatic rings. The van der Waals surface area contributed by atoms with E-state index in [-0.39, 0.29) is 11.0 Å². The molecule has 5 nitrogen and oxygen atoms in total. The van der Waals surface area contributed by atoms with Gasteiger partial charge in [-0.3, -0.25) is 0 Å². The monoisotopic (exact) mass is 245 g/mol. The molecule has 0 saturated carbocycles. The van der Waals surface area contributed by atoms with Gasteiger partial charge in [-0.2, -0.15) is 0 Å². The van der Waals surface area contributed by atoms with Gasteiger partial charge >= 0.3 is 0 Å². The Hall–Kier alpha value is -0.880. The summed E-state index contributed by atoms with van der Waals surface area (Å²) in [7, 11) is -1.11. The lowest BCUT2D eigenvalue weighted by atomic mass is 10.5. The highest BCUT2D eigenvalue weighted by atomic mass is 32.2. The van der Waals surface area contributed by atoms with Gasteiger partial charge in [0.1, 0.15) is 0 Å². The largest absolute Gasteiger partial charge is 0.336 e. The molecule has 0 unspecified atom stereocenters. The fourth-order valence-corrected chi connectivity index (χ4v) is 2.21. The number of hydrogen-bond acceptors (Lipinski definition) is 4. The average molecular weight is 245 g/mol. The number of hydrogen-bond donors (Lipinski definition) is 1. The second-order valence-electron chi connectivity index (χ2n) is 4.05. The Labute approximate surface area is 96.8 Å². The summed E-state index contributed by atoms with van der Waals surface area (Å²) >= 11 is 0. The molecular weight excluding hydrogens is 226 g/mol. The van der Waals surface area contributed by atoms with E-state index in [1.54, 1.807) is 20.2 Å². The highest BCUT2D eigenvalue weighted by molar-refractivity contribution is 7.91. The molecule has 6 heteroatoms. The highest BCUT2D eigenvalue weighted by Gasteiger charge is 2.15. The first-order valence-electron chi connectivity index (χ1n) is 5.32. The van der Waals surface area contributed by atoms with Crippen LogP contribution >= 0.6 is 0 Å². The molecule has 0 amide bonds. The quantitative estimate of drug-likeness (QED) is 0.789. The van der Waals surface area contributed by atoms with Crippen molar-refractivity contribution in [2.24, 2.45) is 0 Å². The lowest BCUT2D eigenvalue weighted by Gasteiger charge is -2.07. The number of nitrogens with zero attached hydrogens (tertiary/aromatic N) is 2. The summed E-state index contributed by atoms with van der Waals surface area (Å²) in [5, 5.41) is 2.68. The molecule has 0 fully saturated rings. The molecule has 0 bridgehead atoms. The molecular formula is C10H19N3O2S. The van der Waals surface area contributed by atoms with E-state index in [4.69, 9.17) is 0 Å². The zero-order valence-corrected chi connectivity index (χ0v) is 10.8. The van der Waals surface area contributed by atoms with Crippen LogP contribution in [0.3, 0.4) is 0 Å². The predicted molar refractivity (Wildman–Crippen MR) is 63.9 cm³/mol. The molecule has 0 aromatic carbocycles. The van der Waals surface area contributed by atoms with Gasteiger partial charge in [-0.1, -0.05) is 0 Å². The number of aromatic nitrogens is 2. The topological polar surface area (TPSA) is 64.0 Å². The molecule has 1 heterocycles. The molecule has 0 spiro atoms. The summed E-state index contributed by atoms with van der Waals surface area (Å²) < 4.78 is 25.0. The van der Waals surface area contributed by atoms with Gasteiger partial charge in [0.05, 0.1) is 23.0 Å². The Kier molecular flexibility index (Phi) is 4.49. The van der Waals surface area contributed by atoms with E-state index in [1.165, 1.54) is 0 Å². The van der Waals surface area contributed by atoms with Crippen LogP contribution in [0.1, 0.15) is 19.5 Å².